The molecule has 0 aliphatic carbocycles. The molecule has 22 heavy (non-hydrogen) atoms. The molecule has 3 N–H and O–H groups in total. The van der Waals surface area contributed by atoms with Gasteiger partial charge in [-0.3, -0.25) is 0 Å². The van der Waals surface area contributed by atoms with Gasteiger partial charge in [0, 0.05) is 15.2 Å². The van der Waals surface area contributed by atoms with Crippen LogP contribution in [0.2, 0.25) is 0 Å². The van der Waals surface area contributed by atoms with Gasteiger partial charge in [0.2, 0.25) is 0 Å². The van der Waals surface area contributed by atoms with Crippen molar-refractivity contribution in [2.45, 2.75) is 18.8 Å². The minimum Gasteiger partial charge on any atom is -0.330 e. The van der Waals surface area contributed by atoms with Crippen LogP contribution >= 0.6 is 22.7 Å². The third-order valence-corrected chi connectivity index (χ3v) is 5.04. The number of hydrogen-bond donors (Lipinski definition) is 2. The fourth-order valence-corrected chi connectivity index (χ4v) is 3.77. The fraction of sp³-hybridized carbons (Fsp3) is 0.333. The number of nitrogens with two attached hydrogens (primary N) is 1. The third kappa shape index (κ3) is 7.18. The third-order valence-electron chi connectivity index (χ3n) is 2.77. The minimum absolute atomic E-state index is 0.108. The van der Waals surface area contributed by atoms with Crippen LogP contribution in [0.5, 0.6) is 0 Å². The molecule has 2 aromatic rings. The Morgan fingerprint density at radius 1 is 1.00 bits per heavy atom. The first-order chi connectivity index (χ1) is 10.7. The molecular weight excluding hydrogens is 308 g/mol. The van der Waals surface area contributed by atoms with E-state index < -0.39 is 0 Å². The highest BCUT2D eigenvalue weighted by Gasteiger charge is 2.29. The average Bonchev–Trinajstić information content (AvgIpc) is 3.26. The Labute approximate surface area is 144 Å². The van der Waals surface area contributed by atoms with Gasteiger partial charge in [-0.2, -0.15) is 0 Å². The number of hydrogen-bond acceptors (Lipinski definition) is 4. The van der Waals surface area contributed by atoms with Gasteiger partial charge in [-0.05, 0) is 56.9 Å². The summed E-state index contributed by atoms with van der Waals surface area (Å²) in [4.78, 5) is 2.82. The quantitative estimate of drug-likeness (QED) is 0.778. The normalized spacial score (nSPS) is 9.27. The van der Waals surface area contributed by atoms with E-state index >= 15 is 0 Å². The van der Waals surface area contributed by atoms with Crippen molar-refractivity contribution in [3.8, 4) is 0 Å². The Morgan fingerprint density at radius 3 is 1.59 bits per heavy atom. The molecule has 4 heteroatoms. The first kappa shape index (κ1) is 23.1. The molecule has 0 spiro atoms. The average molecular weight is 339 g/mol. The predicted molar refractivity (Wildman–Crippen MR) is 106 cm³/mol. The molecule has 2 nitrogen and oxygen atoms in total. The van der Waals surface area contributed by atoms with Crippen molar-refractivity contribution >= 4 is 22.7 Å². The zero-order valence-electron chi connectivity index (χ0n) is 14.1. The summed E-state index contributed by atoms with van der Waals surface area (Å²) in [6.07, 6.45) is 1.01. The molecule has 2 aromatic heterocycles. The maximum absolute atomic E-state index is 5.74. The molecule has 0 unspecified atom stereocenters. The zero-order valence-corrected chi connectivity index (χ0v) is 15.7. The van der Waals surface area contributed by atoms with Crippen LogP contribution < -0.4 is 11.1 Å². The second-order valence-corrected chi connectivity index (χ2v) is 6.22. The van der Waals surface area contributed by atoms with E-state index in [0.717, 1.165) is 13.0 Å². The van der Waals surface area contributed by atoms with Crippen molar-refractivity contribution < 1.29 is 0 Å². The van der Waals surface area contributed by atoms with Gasteiger partial charge < -0.3 is 11.1 Å². The number of rotatable bonds is 4. The molecule has 0 aromatic carbocycles. The largest absolute Gasteiger partial charge is 0.330 e. The van der Waals surface area contributed by atoms with E-state index in [1.165, 1.54) is 9.75 Å². The van der Waals surface area contributed by atoms with E-state index in [9.17, 15) is 0 Å². The van der Waals surface area contributed by atoms with Crippen LogP contribution in [-0.2, 0) is 5.41 Å². The minimum atomic E-state index is 0.108. The molecule has 0 atom stereocenters. The van der Waals surface area contributed by atoms with Crippen LogP contribution in [0.15, 0.2) is 61.3 Å². The van der Waals surface area contributed by atoms with E-state index in [4.69, 9.17) is 5.73 Å². The summed E-state index contributed by atoms with van der Waals surface area (Å²) in [6.45, 7) is 15.0. The van der Waals surface area contributed by atoms with Gasteiger partial charge in [0.05, 0.1) is 0 Å². The van der Waals surface area contributed by atoms with Crippen molar-refractivity contribution in [3.05, 3.63) is 71.1 Å². The first-order valence-corrected chi connectivity index (χ1v) is 8.81. The fourth-order valence-electron chi connectivity index (χ4n) is 1.84. The van der Waals surface area contributed by atoms with Gasteiger partial charge in [0.25, 0.3) is 0 Å². The molecule has 2 heterocycles. The lowest BCUT2D eigenvalue weighted by Crippen LogP contribution is -2.24. The molecule has 0 saturated heterocycles. The van der Waals surface area contributed by atoms with Crippen LogP contribution in [0.1, 0.15) is 23.1 Å². The van der Waals surface area contributed by atoms with Crippen LogP contribution in [0.25, 0.3) is 0 Å². The van der Waals surface area contributed by atoms with E-state index in [1.807, 2.05) is 36.8 Å². The molecule has 0 fully saturated rings. The van der Waals surface area contributed by atoms with Crippen molar-refractivity contribution in [1.29, 1.82) is 0 Å². The Morgan fingerprint density at radius 2 is 1.36 bits per heavy atom. The second-order valence-electron chi connectivity index (χ2n) is 4.33. The summed E-state index contributed by atoms with van der Waals surface area (Å²) in [5, 5.41) is 7.02. The van der Waals surface area contributed by atoms with E-state index in [1.54, 1.807) is 0 Å². The summed E-state index contributed by atoms with van der Waals surface area (Å²) in [5.41, 5.74) is 5.84. The smallest absolute Gasteiger partial charge is 0.0374 e. The van der Waals surface area contributed by atoms with Crippen molar-refractivity contribution in [2.24, 2.45) is 5.73 Å². The molecule has 0 aliphatic rings. The Bertz CT molecular complexity index is 399. The van der Waals surface area contributed by atoms with Crippen molar-refractivity contribution in [3.63, 3.8) is 0 Å². The molecular formula is C18H30N2S2. The van der Waals surface area contributed by atoms with Crippen molar-refractivity contribution in [1.82, 2.24) is 5.32 Å². The first-order valence-electron chi connectivity index (χ1n) is 7.05. The SMILES string of the molecule is C=C.C=C.CC(CCN)(c1cccs1)c1cccs1.CNC. The molecule has 124 valence electrons. The second kappa shape index (κ2) is 14.7. The summed E-state index contributed by atoms with van der Waals surface area (Å²) >= 11 is 3.64. The van der Waals surface area contributed by atoms with E-state index in [0.29, 0.717) is 0 Å². The van der Waals surface area contributed by atoms with Gasteiger partial charge in [0.15, 0.2) is 0 Å². The van der Waals surface area contributed by atoms with Crippen LogP contribution in [-0.4, -0.2) is 20.6 Å². The van der Waals surface area contributed by atoms with Gasteiger partial charge in [0.1, 0.15) is 0 Å². The summed E-state index contributed by atoms with van der Waals surface area (Å²) < 4.78 is 0. The molecule has 0 radical (unpaired) electrons. The predicted octanol–water partition coefficient (Wildman–Crippen LogP) is 4.90. The van der Waals surface area contributed by atoms with Gasteiger partial charge >= 0.3 is 0 Å². The standard InChI is InChI=1S/C12H15NS2.C2H7N.2C2H4/c1-12(6-7-13,10-4-2-8-14-10)11-5-3-9-15-11;1-3-2;2*1-2/h2-5,8-9H,6-7,13H2,1H3;3H,1-2H3;2*1-2H2. The van der Waals surface area contributed by atoms with E-state index in [2.05, 4.69) is 73.6 Å². The van der Waals surface area contributed by atoms with Gasteiger partial charge in [-0.15, -0.1) is 49.0 Å². The molecule has 0 bridgehead atoms. The van der Waals surface area contributed by atoms with Crippen LogP contribution in [0, 0.1) is 0 Å². The summed E-state index contributed by atoms with van der Waals surface area (Å²) in [5.74, 6) is 0. The highest BCUT2D eigenvalue weighted by Crippen LogP contribution is 2.39. The molecule has 2 rings (SSSR count). The van der Waals surface area contributed by atoms with Gasteiger partial charge in [-0.25, -0.2) is 0 Å². The zero-order chi connectivity index (χ0) is 17.4. The highest BCUT2D eigenvalue weighted by atomic mass is 32.1. The lowest BCUT2D eigenvalue weighted by atomic mass is 9.83. The van der Waals surface area contributed by atoms with Gasteiger partial charge in [-0.1, -0.05) is 12.1 Å². The van der Waals surface area contributed by atoms with E-state index in [-0.39, 0.29) is 5.41 Å². The highest BCUT2D eigenvalue weighted by molar-refractivity contribution is 7.11. The lowest BCUT2D eigenvalue weighted by molar-refractivity contribution is 0.548. The Hall–Kier alpha value is -1.20. The maximum Gasteiger partial charge on any atom is 0.0374 e. The Kier molecular flexibility index (Phi) is 15.4. The van der Waals surface area contributed by atoms with Crippen molar-refractivity contribution in [2.75, 3.05) is 20.6 Å². The summed E-state index contributed by atoms with van der Waals surface area (Å²) in [6, 6.07) is 8.64. The number of nitrogens with one attached hydrogen (secondary N) is 1. The Balaban J connectivity index is 0. The maximum atomic E-state index is 5.74. The summed E-state index contributed by atoms with van der Waals surface area (Å²) in [7, 11) is 3.75. The molecule has 0 amide bonds. The molecule has 0 aliphatic heterocycles. The monoisotopic (exact) mass is 338 g/mol. The lowest BCUT2D eigenvalue weighted by Gasteiger charge is -2.26. The van der Waals surface area contributed by atoms with Crippen LogP contribution in [0.4, 0.5) is 0 Å². The molecule has 0 saturated carbocycles. The van der Waals surface area contributed by atoms with Crippen LogP contribution in [0.3, 0.4) is 0 Å². The number of thiophene rings is 2. The topological polar surface area (TPSA) is 38.0 Å².